The predicted octanol–water partition coefficient (Wildman–Crippen LogP) is 4.50. The summed E-state index contributed by atoms with van der Waals surface area (Å²) >= 11 is 0. The fraction of sp³-hybridized carbons (Fsp3) is 0.647. The van der Waals surface area contributed by atoms with Crippen LogP contribution in [0.4, 0.5) is 5.69 Å². The van der Waals surface area contributed by atoms with Gasteiger partial charge in [-0.15, -0.1) is 0 Å². The lowest BCUT2D eigenvalue weighted by atomic mass is 9.92. The fourth-order valence-corrected chi connectivity index (χ4v) is 2.53. The summed E-state index contributed by atoms with van der Waals surface area (Å²) in [5.74, 6) is 1.000. The lowest BCUT2D eigenvalue weighted by Gasteiger charge is -2.25. The number of hydrogen-bond acceptors (Lipinski definition) is 2. The van der Waals surface area contributed by atoms with Gasteiger partial charge in [0.15, 0.2) is 0 Å². The van der Waals surface area contributed by atoms with Crippen LogP contribution in [0.1, 0.15) is 70.9 Å². The van der Waals surface area contributed by atoms with Crippen molar-refractivity contribution in [2.45, 2.75) is 71.9 Å². The van der Waals surface area contributed by atoms with E-state index in [0.717, 1.165) is 6.42 Å². The van der Waals surface area contributed by atoms with E-state index in [0.29, 0.717) is 11.8 Å². The first kappa shape index (κ1) is 16.0. The van der Waals surface area contributed by atoms with E-state index in [1.807, 2.05) is 6.92 Å². The molecule has 1 rings (SSSR count). The number of aliphatic hydroxyl groups is 1. The minimum absolute atomic E-state index is 0.267. The van der Waals surface area contributed by atoms with Gasteiger partial charge in [-0.05, 0) is 43.2 Å². The minimum atomic E-state index is -0.267. The van der Waals surface area contributed by atoms with Crippen molar-refractivity contribution in [1.29, 1.82) is 0 Å². The van der Waals surface area contributed by atoms with Gasteiger partial charge in [-0.25, -0.2) is 0 Å². The second kappa shape index (κ2) is 6.95. The van der Waals surface area contributed by atoms with Gasteiger partial charge < -0.3 is 10.4 Å². The van der Waals surface area contributed by atoms with Crippen molar-refractivity contribution in [3.8, 4) is 0 Å². The van der Waals surface area contributed by atoms with Gasteiger partial charge in [-0.3, -0.25) is 0 Å². The summed E-state index contributed by atoms with van der Waals surface area (Å²) in [5.41, 5.74) is 3.99. The monoisotopic (exact) mass is 263 g/mol. The molecule has 19 heavy (non-hydrogen) atoms. The number of aliphatic hydroxyl groups excluding tert-OH is 1. The fourth-order valence-electron chi connectivity index (χ4n) is 2.53. The van der Waals surface area contributed by atoms with Gasteiger partial charge >= 0.3 is 0 Å². The maximum absolute atomic E-state index is 9.52. The third-order valence-electron chi connectivity index (χ3n) is 3.46. The maximum Gasteiger partial charge on any atom is 0.0531 e. The molecular weight excluding hydrogens is 234 g/mol. The molecule has 0 aliphatic carbocycles. The SMILES string of the molecule is CC(O)CC(C)Nc1c(C(C)C)cccc1C(C)C. The lowest BCUT2D eigenvalue weighted by Crippen LogP contribution is -2.22. The maximum atomic E-state index is 9.52. The van der Waals surface area contributed by atoms with Gasteiger partial charge in [0, 0.05) is 11.7 Å². The van der Waals surface area contributed by atoms with E-state index in [-0.39, 0.29) is 12.1 Å². The highest BCUT2D eigenvalue weighted by Gasteiger charge is 2.16. The Morgan fingerprint density at radius 1 is 0.947 bits per heavy atom. The van der Waals surface area contributed by atoms with Crippen LogP contribution in [0.2, 0.25) is 0 Å². The molecule has 2 heteroatoms. The molecule has 0 spiro atoms. The van der Waals surface area contributed by atoms with E-state index in [4.69, 9.17) is 0 Å². The van der Waals surface area contributed by atoms with Crippen LogP contribution >= 0.6 is 0 Å². The van der Waals surface area contributed by atoms with Crippen molar-refractivity contribution in [3.05, 3.63) is 29.3 Å². The van der Waals surface area contributed by atoms with E-state index in [1.54, 1.807) is 0 Å². The molecule has 1 aromatic carbocycles. The van der Waals surface area contributed by atoms with E-state index in [1.165, 1.54) is 16.8 Å². The molecule has 2 N–H and O–H groups in total. The Labute approximate surface area is 118 Å². The number of nitrogens with one attached hydrogen (secondary N) is 1. The molecule has 0 saturated carbocycles. The van der Waals surface area contributed by atoms with Crippen LogP contribution in [0.15, 0.2) is 18.2 Å². The molecule has 1 aromatic rings. The van der Waals surface area contributed by atoms with Crippen LogP contribution in [0.5, 0.6) is 0 Å². The van der Waals surface area contributed by atoms with Crippen molar-refractivity contribution in [1.82, 2.24) is 0 Å². The molecule has 0 aromatic heterocycles. The average Bonchev–Trinajstić information content (AvgIpc) is 2.27. The molecule has 2 unspecified atom stereocenters. The molecule has 0 radical (unpaired) electrons. The zero-order chi connectivity index (χ0) is 14.6. The summed E-state index contributed by atoms with van der Waals surface area (Å²) in [6.45, 7) is 12.9. The number of anilines is 1. The minimum Gasteiger partial charge on any atom is -0.393 e. The van der Waals surface area contributed by atoms with E-state index in [9.17, 15) is 5.11 Å². The summed E-state index contributed by atoms with van der Waals surface area (Å²) in [4.78, 5) is 0. The van der Waals surface area contributed by atoms with E-state index in [2.05, 4.69) is 58.1 Å². The Bertz CT molecular complexity index is 370. The number of para-hydroxylation sites is 1. The van der Waals surface area contributed by atoms with Gasteiger partial charge in [0.05, 0.1) is 6.10 Å². The predicted molar refractivity (Wildman–Crippen MR) is 84.0 cm³/mol. The van der Waals surface area contributed by atoms with Gasteiger partial charge in [-0.1, -0.05) is 45.9 Å². The van der Waals surface area contributed by atoms with Gasteiger partial charge in [-0.2, -0.15) is 0 Å². The van der Waals surface area contributed by atoms with Crippen LogP contribution in [-0.4, -0.2) is 17.3 Å². The normalized spacial score (nSPS) is 14.8. The quantitative estimate of drug-likeness (QED) is 0.791. The van der Waals surface area contributed by atoms with Crippen molar-refractivity contribution >= 4 is 5.69 Å². The number of benzene rings is 1. The Morgan fingerprint density at radius 3 is 1.79 bits per heavy atom. The molecule has 0 fully saturated rings. The van der Waals surface area contributed by atoms with Crippen LogP contribution < -0.4 is 5.32 Å². The molecular formula is C17H29NO. The second-order valence-electron chi connectivity index (χ2n) is 6.25. The van der Waals surface area contributed by atoms with E-state index >= 15 is 0 Å². The van der Waals surface area contributed by atoms with Crippen LogP contribution in [0, 0.1) is 0 Å². The summed E-state index contributed by atoms with van der Waals surface area (Å²) < 4.78 is 0. The van der Waals surface area contributed by atoms with Gasteiger partial charge in [0.25, 0.3) is 0 Å². The van der Waals surface area contributed by atoms with Crippen LogP contribution in [0.25, 0.3) is 0 Å². The highest BCUT2D eigenvalue weighted by Crippen LogP contribution is 2.33. The number of hydrogen-bond donors (Lipinski definition) is 2. The standard InChI is InChI=1S/C17H29NO/c1-11(2)15-8-7-9-16(12(3)4)17(15)18-13(5)10-14(6)19/h7-9,11-14,18-19H,10H2,1-6H3. The Balaban J connectivity index is 3.07. The Hall–Kier alpha value is -1.02. The second-order valence-corrected chi connectivity index (χ2v) is 6.25. The van der Waals surface area contributed by atoms with Crippen molar-refractivity contribution in [2.75, 3.05) is 5.32 Å². The largest absolute Gasteiger partial charge is 0.393 e. The average molecular weight is 263 g/mol. The molecule has 2 nitrogen and oxygen atoms in total. The summed E-state index contributed by atoms with van der Waals surface area (Å²) in [6.07, 6.45) is 0.500. The zero-order valence-corrected chi connectivity index (χ0v) is 13.2. The third-order valence-corrected chi connectivity index (χ3v) is 3.46. The van der Waals surface area contributed by atoms with Crippen molar-refractivity contribution < 1.29 is 5.11 Å². The summed E-state index contributed by atoms with van der Waals surface area (Å²) in [6, 6.07) is 6.83. The highest BCUT2D eigenvalue weighted by molar-refractivity contribution is 5.60. The third kappa shape index (κ3) is 4.54. The smallest absolute Gasteiger partial charge is 0.0531 e. The Morgan fingerprint density at radius 2 is 1.42 bits per heavy atom. The highest BCUT2D eigenvalue weighted by atomic mass is 16.3. The molecule has 0 heterocycles. The van der Waals surface area contributed by atoms with Gasteiger partial charge in [0.2, 0.25) is 0 Å². The summed E-state index contributed by atoms with van der Waals surface area (Å²) in [7, 11) is 0. The van der Waals surface area contributed by atoms with Gasteiger partial charge in [0.1, 0.15) is 0 Å². The summed E-state index contributed by atoms with van der Waals surface area (Å²) in [5, 5.41) is 13.1. The zero-order valence-electron chi connectivity index (χ0n) is 13.2. The van der Waals surface area contributed by atoms with Crippen molar-refractivity contribution in [3.63, 3.8) is 0 Å². The topological polar surface area (TPSA) is 32.3 Å². The molecule has 2 atom stereocenters. The molecule has 0 aliphatic heterocycles. The van der Waals surface area contributed by atoms with E-state index < -0.39 is 0 Å². The van der Waals surface area contributed by atoms with Crippen LogP contribution in [-0.2, 0) is 0 Å². The van der Waals surface area contributed by atoms with Crippen LogP contribution in [0.3, 0.4) is 0 Å². The molecule has 0 saturated heterocycles. The molecule has 0 amide bonds. The molecule has 0 bridgehead atoms. The number of rotatable bonds is 6. The molecule has 0 aliphatic rings. The Kier molecular flexibility index (Phi) is 5.86. The molecule has 108 valence electrons. The first-order valence-corrected chi connectivity index (χ1v) is 7.40. The first-order valence-electron chi connectivity index (χ1n) is 7.40. The first-order chi connectivity index (χ1) is 8.82. The van der Waals surface area contributed by atoms with Crippen molar-refractivity contribution in [2.24, 2.45) is 0 Å². The lowest BCUT2D eigenvalue weighted by molar-refractivity contribution is 0.179.